The van der Waals surface area contributed by atoms with Crippen molar-refractivity contribution in [3.63, 3.8) is 0 Å². The van der Waals surface area contributed by atoms with Crippen molar-refractivity contribution >= 4 is 11.8 Å². The van der Waals surface area contributed by atoms with Gasteiger partial charge in [-0.15, -0.1) is 11.8 Å². The van der Waals surface area contributed by atoms with Crippen LogP contribution in [0.5, 0.6) is 0 Å². The minimum absolute atomic E-state index is 1.18. The molecule has 0 aliphatic carbocycles. The molecule has 2 heteroatoms. The van der Waals surface area contributed by atoms with Gasteiger partial charge in [0.15, 0.2) is 0 Å². The number of unbranched alkanes of at least 4 members (excludes halogenated alkanes) is 1. The molecule has 0 amide bonds. The zero-order valence-electron chi connectivity index (χ0n) is 9.78. The van der Waals surface area contributed by atoms with Gasteiger partial charge in [-0.05, 0) is 32.1 Å². The smallest absolute Gasteiger partial charge is 0.0108 e. The Balaban J connectivity index is 2.11. The molecule has 0 spiro atoms. The average Bonchev–Trinajstić information content (AvgIpc) is 2.28. The maximum absolute atomic E-state index is 2.42. The first-order valence-corrected chi connectivity index (χ1v) is 6.68. The van der Waals surface area contributed by atoms with E-state index in [-0.39, 0.29) is 0 Å². The third kappa shape index (κ3) is 5.85. The fourth-order valence-electron chi connectivity index (χ4n) is 1.38. The van der Waals surface area contributed by atoms with E-state index in [2.05, 4.69) is 49.2 Å². The topological polar surface area (TPSA) is 3.24 Å². The summed E-state index contributed by atoms with van der Waals surface area (Å²) >= 11 is 1.94. The molecule has 0 N–H and O–H groups in total. The number of benzene rings is 1. The number of hydrogen-bond acceptors (Lipinski definition) is 2. The predicted molar refractivity (Wildman–Crippen MR) is 69.6 cm³/mol. The molecule has 1 aromatic rings. The first kappa shape index (κ1) is 12.6. The Morgan fingerprint density at radius 1 is 1.13 bits per heavy atom. The zero-order valence-corrected chi connectivity index (χ0v) is 10.6. The fraction of sp³-hybridized carbons (Fsp3) is 0.538. The molecule has 0 saturated heterocycles. The quantitative estimate of drug-likeness (QED) is 0.651. The van der Waals surface area contributed by atoms with Crippen LogP contribution in [-0.4, -0.2) is 30.8 Å². The van der Waals surface area contributed by atoms with Crippen molar-refractivity contribution in [3.8, 4) is 0 Å². The SMILES string of the molecule is CCCCN(C)CCSc1ccccc1. The van der Waals surface area contributed by atoms with Crippen molar-refractivity contribution in [3.05, 3.63) is 30.3 Å². The zero-order chi connectivity index (χ0) is 10.9. The summed E-state index contributed by atoms with van der Waals surface area (Å²) < 4.78 is 0. The summed E-state index contributed by atoms with van der Waals surface area (Å²) in [5.74, 6) is 1.18. The van der Waals surface area contributed by atoms with Crippen LogP contribution in [-0.2, 0) is 0 Å². The highest BCUT2D eigenvalue weighted by Gasteiger charge is 1.97. The monoisotopic (exact) mass is 223 g/mol. The van der Waals surface area contributed by atoms with Gasteiger partial charge in [0.25, 0.3) is 0 Å². The van der Waals surface area contributed by atoms with Crippen molar-refractivity contribution < 1.29 is 0 Å². The minimum Gasteiger partial charge on any atom is -0.306 e. The first-order chi connectivity index (χ1) is 7.33. The van der Waals surface area contributed by atoms with Gasteiger partial charge in [-0.3, -0.25) is 0 Å². The van der Waals surface area contributed by atoms with Crippen LogP contribution in [0.15, 0.2) is 35.2 Å². The second kappa shape index (κ2) is 7.77. The van der Waals surface area contributed by atoms with Crippen LogP contribution in [0.2, 0.25) is 0 Å². The molecule has 0 aromatic heterocycles. The van der Waals surface area contributed by atoms with E-state index in [0.717, 1.165) is 0 Å². The van der Waals surface area contributed by atoms with Gasteiger partial charge < -0.3 is 4.90 Å². The third-order valence-corrected chi connectivity index (χ3v) is 3.37. The lowest BCUT2D eigenvalue weighted by molar-refractivity contribution is 0.348. The predicted octanol–water partition coefficient (Wildman–Crippen LogP) is 3.51. The van der Waals surface area contributed by atoms with Crippen LogP contribution in [0.25, 0.3) is 0 Å². The van der Waals surface area contributed by atoms with Gasteiger partial charge in [0, 0.05) is 17.2 Å². The van der Waals surface area contributed by atoms with Gasteiger partial charge in [-0.2, -0.15) is 0 Å². The standard InChI is InChI=1S/C13H21NS/c1-3-4-10-14(2)11-12-15-13-8-6-5-7-9-13/h5-9H,3-4,10-12H2,1-2H3. The van der Waals surface area contributed by atoms with Crippen molar-refractivity contribution in [2.45, 2.75) is 24.7 Å². The molecule has 0 unspecified atom stereocenters. The summed E-state index contributed by atoms with van der Waals surface area (Å²) in [7, 11) is 2.21. The molecule has 0 aliphatic rings. The first-order valence-electron chi connectivity index (χ1n) is 5.69. The maximum Gasteiger partial charge on any atom is 0.0108 e. The van der Waals surface area contributed by atoms with Crippen molar-refractivity contribution in [2.75, 3.05) is 25.9 Å². The third-order valence-electron chi connectivity index (χ3n) is 2.38. The Hall–Kier alpha value is -0.470. The van der Waals surface area contributed by atoms with Crippen LogP contribution in [0, 0.1) is 0 Å². The maximum atomic E-state index is 2.42. The molecule has 84 valence electrons. The van der Waals surface area contributed by atoms with E-state index in [0.29, 0.717) is 0 Å². The van der Waals surface area contributed by atoms with Gasteiger partial charge in [0.1, 0.15) is 0 Å². The Morgan fingerprint density at radius 2 is 1.87 bits per heavy atom. The van der Waals surface area contributed by atoms with E-state index >= 15 is 0 Å². The summed E-state index contributed by atoms with van der Waals surface area (Å²) in [6.45, 7) is 4.65. The highest BCUT2D eigenvalue weighted by Crippen LogP contribution is 2.16. The largest absolute Gasteiger partial charge is 0.306 e. The van der Waals surface area contributed by atoms with E-state index < -0.39 is 0 Å². The molecular formula is C13H21NS. The van der Waals surface area contributed by atoms with Crippen LogP contribution in [0.1, 0.15) is 19.8 Å². The fourth-order valence-corrected chi connectivity index (χ4v) is 2.36. The molecule has 0 aliphatic heterocycles. The van der Waals surface area contributed by atoms with Gasteiger partial charge in [0.05, 0.1) is 0 Å². The van der Waals surface area contributed by atoms with Crippen molar-refractivity contribution in [2.24, 2.45) is 0 Å². The number of hydrogen-bond donors (Lipinski definition) is 0. The van der Waals surface area contributed by atoms with E-state index in [4.69, 9.17) is 0 Å². The minimum atomic E-state index is 1.18. The van der Waals surface area contributed by atoms with Crippen LogP contribution < -0.4 is 0 Å². The summed E-state index contributed by atoms with van der Waals surface area (Å²) in [5.41, 5.74) is 0. The normalized spacial score (nSPS) is 10.9. The average molecular weight is 223 g/mol. The van der Waals surface area contributed by atoms with Crippen molar-refractivity contribution in [1.82, 2.24) is 4.90 Å². The van der Waals surface area contributed by atoms with E-state index in [1.54, 1.807) is 0 Å². The highest BCUT2D eigenvalue weighted by atomic mass is 32.2. The summed E-state index contributed by atoms with van der Waals surface area (Å²) in [4.78, 5) is 3.79. The summed E-state index contributed by atoms with van der Waals surface area (Å²) in [5, 5.41) is 0. The lowest BCUT2D eigenvalue weighted by Gasteiger charge is -2.15. The van der Waals surface area contributed by atoms with Gasteiger partial charge in [-0.25, -0.2) is 0 Å². The molecular weight excluding hydrogens is 202 g/mol. The number of rotatable bonds is 7. The van der Waals surface area contributed by atoms with Crippen molar-refractivity contribution in [1.29, 1.82) is 0 Å². The Kier molecular flexibility index (Phi) is 6.53. The summed E-state index contributed by atoms with van der Waals surface area (Å²) in [6, 6.07) is 10.6. The van der Waals surface area contributed by atoms with Crippen LogP contribution in [0.3, 0.4) is 0 Å². The van der Waals surface area contributed by atoms with Gasteiger partial charge in [0.2, 0.25) is 0 Å². The molecule has 0 atom stereocenters. The molecule has 0 fully saturated rings. The Bertz CT molecular complexity index is 248. The molecule has 1 nitrogen and oxygen atoms in total. The molecule has 15 heavy (non-hydrogen) atoms. The van der Waals surface area contributed by atoms with E-state index in [1.807, 2.05) is 11.8 Å². The summed E-state index contributed by atoms with van der Waals surface area (Å²) in [6.07, 6.45) is 2.60. The molecule has 0 saturated carbocycles. The lowest BCUT2D eigenvalue weighted by atomic mass is 10.3. The van der Waals surface area contributed by atoms with E-state index in [1.165, 1.54) is 36.6 Å². The van der Waals surface area contributed by atoms with Gasteiger partial charge in [-0.1, -0.05) is 31.5 Å². The number of thioether (sulfide) groups is 1. The van der Waals surface area contributed by atoms with Crippen LogP contribution >= 0.6 is 11.8 Å². The molecule has 0 radical (unpaired) electrons. The van der Waals surface area contributed by atoms with E-state index in [9.17, 15) is 0 Å². The second-order valence-electron chi connectivity index (χ2n) is 3.82. The Labute approximate surface area is 97.9 Å². The van der Waals surface area contributed by atoms with Crippen LogP contribution in [0.4, 0.5) is 0 Å². The lowest BCUT2D eigenvalue weighted by Crippen LogP contribution is -2.22. The second-order valence-corrected chi connectivity index (χ2v) is 4.99. The molecule has 1 aromatic carbocycles. The molecule has 0 heterocycles. The number of nitrogens with zero attached hydrogens (tertiary/aromatic N) is 1. The van der Waals surface area contributed by atoms with Gasteiger partial charge >= 0.3 is 0 Å². The molecule has 0 bridgehead atoms. The molecule has 1 rings (SSSR count). The highest BCUT2D eigenvalue weighted by molar-refractivity contribution is 7.99. The Morgan fingerprint density at radius 3 is 2.53 bits per heavy atom.